The third-order valence-electron chi connectivity index (χ3n) is 5.39. The first-order valence-corrected chi connectivity index (χ1v) is 11.3. The molecule has 0 spiro atoms. The second kappa shape index (κ2) is 7.41. The lowest BCUT2D eigenvalue weighted by atomic mass is 9.87. The van der Waals surface area contributed by atoms with Gasteiger partial charge >= 0.3 is 0 Å². The van der Waals surface area contributed by atoms with E-state index in [0.717, 1.165) is 20.2 Å². The van der Waals surface area contributed by atoms with Gasteiger partial charge < -0.3 is 4.90 Å². The molecule has 0 aliphatic carbocycles. The number of nitrogens with zero attached hydrogens (tertiary/aromatic N) is 2. The Balaban J connectivity index is 1.66. The molecular weight excluding hydrogens is 420 g/mol. The average molecular weight is 437 g/mol. The van der Waals surface area contributed by atoms with Crippen LogP contribution in [0.2, 0.25) is 4.34 Å². The van der Waals surface area contributed by atoms with Crippen LogP contribution in [-0.2, 0) is 11.3 Å². The van der Waals surface area contributed by atoms with Gasteiger partial charge in [-0.3, -0.25) is 9.78 Å². The van der Waals surface area contributed by atoms with Crippen molar-refractivity contribution in [1.29, 1.82) is 0 Å². The number of carbonyl (C=O) groups is 1. The zero-order valence-corrected chi connectivity index (χ0v) is 17.9. The van der Waals surface area contributed by atoms with E-state index >= 15 is 0 Å². The molecule has 5 rings (SSSR count). The number of hydrogen-bond donors (Lipinski definition) is 0. The minimum atomic E-state index is -0.0474. The number of carbonyl (C=O) groups excluding carboxylic acids is 1. The summed E-state index contributed by atoms with van der Waals surface area (Å²) in [4.78, 5) is 21.1. The van der Waals surface area contributed by atoms with Crippen LogP contribution in [0.3, 0.4) is 0 Å². The van der Waals surface area contributed by atoms with E-state index in [9.17, 15) is 4.79 Å². The standard InChI is InChI=1S/C23H17ClN2OS2/c1-2-22(27)26-12-19(17-9-21(24)29-20(17)13-26)16-7-8-28-23(16)18-11-25-10-14-5-3-4-6-15(14)18/h2-11,19H,1,12-13H2/t19-/m0/s1. The van der Waals surface area contributed by atoms with Gasteiger partial charge in [-0.25, -0.2) is 0 Å². The first kappa shape index (κ1) is 18.6. The highest BCUT2D eigenvalue weighted by Crippen LogP contribution is 2.45. The molecule has 29 heavy (non-hydrogen) atoms. The van der Waals surface area contributed by atoms with Gasteiger partial charge in [0.2, 0.25) is 5.91 Å². The van der Waals surface area contributed by atoms with Crippen molar-refractivity contribution in [2.24, 2.45) is 0 Å². The molecule has 6 heteroatoms. The lowest BCUT2D eigenvalue weighted by Gasteiger charge is -2.32. The summed E-state index contributed by atoms with van der Waals surface area (Å²) >= 11 is 9.63. The molecule has 4 heterocycles. The third kappa shape index (κ3) is 3.19. The van der Waals surface area contributed by atoms with Crippen LogP contribution >= 0.6 is 34.3 Å². The largest absolute Gasteiger partial charge is 0.333 e. The maximum atomic E-state index is 12.4. The smallest absolute Gasteiger partial charge is 0.246 e. The molecule has 3 aromatic heterocycles. The predicted octanol–water partition coefficient (Wildman–Crippen LogP) is 6.34. The molecular formula is C23H17ClN2OS2. The quantitative estimate of drug-likeness (QED) is 0.351. The fourth-order valence-corrected chi connectivity index (χ4v) is 6.40. The van der Waals surface area contributed by atoms with Gasteiger partial charge in [0.05, 0.1) is 10.9 Å². The first-order chi connectivity index (χ1) is 14.2. The highest BCUT2D eigenvalue weighted by atomic mass is 35.5. The Morgan fingerprint density at radius 2 is 2.10 bits per heavy atom. The summed E-state index contributed by atoms with van der Waals surface area (Å²) in [7, 11) is 0. The van der Waals surface area contributed by atoms with Crippen LogP contribution in [0.4, 0.5) is 0 Å². The monoisotopic (exact) mass is 436 g/mol. The molecule has 1 atom stereocenters. The van der Waals surface area contributed by atoms with Crippen molar-refractivity contribution in [3.05, 3.63) is 87.2 Å². The fraction of sp³-hybridized carbons (Fsp3) is 0.130. The van der Waals surface area contributed by atoms with Crippen molar-refractivity contribution in [3.8, 4) is 10.4 Å². The van der Waals surface area contributed by atoms with Gasteiger partial charge in [0.15, 0.2) is 0 Å². The summed E-state index contributed by atoms with van der Waals surface area (Å²) in [5, 5.41) is 4.43. The summed E-state index contributed by atoms with van der Waals surface area (Å²) in [6.07, 6.45) is 5.23. The summed E-state index contributed by atoms with van der Waals surface area (Å²) in [6, 6.07) is 12.5. The number of halogens is 1. The summed E-state index contributed by atoms with van der Waals surface area (Å²) in [5.74, 6) is 0.0281. The van der Waals surface area contributed by atoms with Crippen molar-refractivity contribution in [2.45, 2.75) is 12.5 Å². The molecule has 1 amide bonds. The molecule has 0 fully saturated rings. The summed E-state index contributed by atoms with van der Waals surface area (Å²) in [6.45, 7) is 4.87. The van der Waals surface area contributed by atoms with Crippen molar-refractivity contribution in [2.75, 3.05) is 6.54 Å². The van der Waals surface area contributed by atoms with Crippen molar-refractivity contribution >= 4 is 51.0 Å². The molecule has 0 N–H and O–H groups in total. The maximum absolute atomic E-state index is 12.4. The van der Waals surface area contributed by atoms with Crippen molar-refractivity contribution in [1.82, 2.24) is 9.88 Å². The van der Waals surface area contributed by atoms with Crippen molar-refractivity contribution in [3.63, 3.8) is 0 Å². The number of aromatic nitrogens is 1. The van der Waals surface area contributed by atoms with Crippen LogP contribution in [0.5, 0.6) is 0 Å². The molecule has 0 radical (unpaired) electrons. The summed E-state index contributed by atoms with van der Waals surface area (Å²) < 4.78 is 0.761. The number of amides is 1. The fourth-order valence-electron chi connectivity index (χ4n) is 4.06. The Hall–Kier alpha value is -2.47. The van der Waals surface area contributed by atoms with E-state index in [1.807, 2.05) is 23.4 Å². The second-order valence-electron chi connectivity index (χ2n) is 7.02. The Kier molecular flexibility index (Phi) is 4.74. The van der Waals surface area contributed by atoms with Crippen LogP contribution in [0.1, 0.15) is 21.9 Å². The highest BCUT2D eigenvalue weighted by Gasteiger charge is 2.32. The molecule has 0 saturated carbocycles. The van der Waals surface area contributed by atoms with E-state index in [1.54, 1.807) is 22.7 Å². The Bertz CT molecular complexity index is 1240. The Morgan fingerprint density at radius 3 is 2.97 bits per heavy atom. The molecule has 1 aromatic carbocycles. The zero-order chi connectivity index (χ0) is 20.0. The Morgan fingerprint density at radius 1 is 1.24 bits per heavy atom. The second-order valence-corrected chi connectivity index (χ2v) is 9.70. The van der Waals surface area contributed by atoms with E-state index in [1.165, 1.54) is 27.5 Å². The minimum absolute atomic E-state index is 0.0474. The van der Waals surface area contributed by atoms with Crippen molar-refractivity contribution < 1.29 is 4.79 Å². The molecule has 1 aliphatic rings. The SMILES string of the molecule is C=CC(=O)N1Cc2sc(Cl)cc2[C@H](c2ccsc2-c2cncc3ccccc23)C1. The van der Waals surface area contributed by atoms with Gasteiger partial charge in [-0.05, 0) is 40.1 Å². The van der Waals surface area contributed by atoms with E-state index in [0.29, 0.717) is 13.1 Å². The molecule has 144 valence electrons. The Labute approximate surface area is 181 Å². The van der Waals surface area contributed by atoms with Gasteiger partial charge in [0, 0.05) is 45.6 Å². The van der Waals surface area contributed by atoms with E-state index < -0.39 is 0 Å². The third-order valence-corrected chi connectivity index (χ3v) is 7.62. The molecule has 3 nitrogen and oxygen atoms in total. The normalized spacial score (nSPS) is 16.0. The molecule has 1 aliphatic heterocycles. The number of hydrogen-bond acceptors (Lipinski definition) is 4. The van der Waals surface area contributed by atoms with E-state index in [4.69, 9.17) is 11.6 Å². The van der Waals surface area contributed by atoms with Crippen LogP contribution in [0.15, 0.2) is 66.8 Å². The van der Waals surface area contributed by atoms with Gasteiger partial charge in [-0.1, -0.05) is 42.4 Å². The predicted molar refractivity (Wildman–Crippen MR) is 122 cm³/mol. The van der Waals surface area contributed by atoms with Gasteiger partial charge in [-0.2, -0.15) is 0 Å². The van der Waals surface area contributed by atoms with Gasteiger partial charge in [0.1, 0.15) is 0 Å². The van der Waals surface area contributed by atoms with Crippen LogP contribution in [0.25, 0.3) is 21.2 Å². The number of fused-ring (bicyclic) bond motifs is 2. The van der Waals surface area contributed by atoms with Crippen LogP contribution in [0, 0.1) is 0 Å². The lowest BCUT2D eigenvalue weighted by Crippen LogP contribution is -2.36. The van der Waals surface area contributed by atoms with E-state index in [2.05, 4.69) is 47.3 Å². The van der Waals surface area contributed by atoms with Gasteiger partial charge in [-0.15, -0.1) is 22.7 Å². The molecule has 0 unspecified atom stereocenters. The van der Waals surface area contributed by atoms with Crippen LogP contribution < -0.4 is 0 Å². The van der Waals surface area contributed by atoms with Crippen LogP contribution in [-0.4, -0.2) is 22.3 Å². The zero-order valence-electron chi connectivity index (χ0n) is 15.5. The number of thiophene rings is 2. The number of pyridine rings is 1. The lowest BCUT2D eigenvalue weighted by molar-refractivity contribution is -0.127. The number of rotatable bonds is 3. The molecule has 0 bridgehead atoms. The number of benzene rings is 1. The van der Waals surface area contributed by atoms with E-state index in [-0.39, 0.29) is 11.8 Å². The highest BCUT2D eigenvalue weighted by molar-refractivity contribution is 7.16. The van der Waals surface area contributed by atoms with Gasteiger partial charge in [0.25, 0.3) is 0 Å². The molecule has 4 aromatic rings. The first-order valence-electron chi connectivity index (χ1n) is 9.25. The average Bonchev–Trinajstić information content (AvgIpc) is 3.37. The minimum Gasteiger partial charge on any atom is -0.333 e. The molecule has 0 saturated heterocycles. The maximum Gasteiger partial charge on any atom is 0.246 e. The topological polar surface area (TPSA) is 33.2 Å². The summed E-state index contributed by atoms with van der Waals surface area (Å²) in [5.41, 5.74) is 3.56.